The summed E-state index contributed by atoms with van der Waals surface area (Å²) in [4.78, 5) is 0. The summed E-state index contributed by atoms with van der Waals surface area (Å²) >= 11 is 0. The molecule has 3 heteroatoms. The lowest BCUT2D eigenvalue weighted by Crippen LogP contribution is -2.32. The number of ether oxygens (including phenoxy) is 1. The highest BCUT2D eigenvalue weighted by molar-refractivity contribution is 5.38. The van der Waals surface area contributed by atoms with Crippen molar-refractivity contribution in [3.8, 4) is 5.75 Å². The number of fused-ring (bicyclic) bond motifs is 1. The summed E-state index contributed by atoms with van der Waals surface area (Å²) in [6.07, 6.45) is 6.44. The molecule has 3 rings (SSSR count). The fourth-order valence-corrected chi connectivity index (χ4v) is 3.25. The van der Waals surface area contributed by atoms with E-state index in [1.54, 1.807) is 0 Å². The van der Waals surface area contributed by atoms with Crippen LogP contribution in [-0.4, -0.2) is 22.4 Å². The van der Waals surface area contributed by atoms with E-state index in [0.29, 0.717) is 6.61 Å². The second-order valence-electron chi connectivity index (χ2n) is 5.99. The zero-order valence-electron chi connectivity index (χ0n) is 11.3. The standard InChI is InChI=1S/C16H22O3/c17-15-5-3-4-12-10-13(6-7-14(12)15)19-11-16(18)8-1-2-9-16/h6-7,10,15,17-18H,1-5,8-9,11H2. The van der Waals surface area contributed by atoms with Crippen molar-refractivity contribution in [3.63, 3.8) is 0 Å². The van der Waals surface area contributed by atoms with Crippen molar-refractivity contribution < 1.29 is 14.9 Å². The Kier molecular flexibility index (Phi) is 3.50. The van der Waals surface area contributed by atoms with E-state index in [2.05, 4.69) is 0 Å². The fourth-order valence-electron chi connectivity index (χ4n) is 3.25. The molecule has 1 saturated carbocycles. The maximum Gasteiger partial charge on any atom is 0.119 e. The average molecular weight is 262 g/mol. The predicted octanol–water partition coefficient (Wildman–Crippen LogP) is 2.74. The number of hydrogen-bond acceptors (Lipinski definition) is 3. The molecule has 19 heavy (non-hydrogen) atoms. The Hall–Kier alpha value is -1.06. The third-order valence-electron chi connectivity index (χ3n) is 4.44. The molecule has 1 unspecified atom stereocenters. The molecule has 0 bridgehead atoms. The molecule has 0 spiro atoms. The molecule has 0 heterocycles. The van der Waals surface area contributed by atoms with E-state index in [1.165, 1.54) is 5.56 Å². The molecule has 2 aliphatic carbocycles. The Morgan fingerprint density at radius 2 is 2.00 bits per heavy atom. The Morgan fingerprint density at radius 1 is 1.21 bits per heavy atom. The fraction of sp³-hybridized carbons (Fsp3) is 0.625. The van der Waals surface area contributed by atoms with Crippen LogP contribution in [0.15, 0.2) is 18.2 Å². The van der Waals surface area contributed by atoms with Gasteiger partial charge in [0.05, 0.1) is 11.7 Å². The van der Waals surface area contributed by atoms with Gasteiger partial charge in [0.1, 0.15) is 12.4 Å². The van der Waals surface area contributed by atoms with Crippen molar-refractivity contribution in [1.29, 1.82) is 0 Å². The van der Waals surface area contributed by atoms with Crippen LogP contribution in [0, 0.1) is 0 Å². The second-order valence-corrected chi connectivity index (χ2v) is 5.99. The molecule has 2 aliphatic rings. The normalized spacial score (nSPS) is 25.1. The molecule has 3 nitrogen and oxygen atoms in total. The molecule has 0 amide bonds. The first-order chi connectivity index (χ1) is 9.16. The van der Waals surface area contributed by atoms with Crippen LogP contribution in [0.25, 0.3) is 0 Å². The first-order valence-electron chi connectivity index (χ1n) is 7.32. The molecule has 0 saturated heterocycles. The highest BCUT2D eigenvalue weighted by atomic mass is 16.5. The Morgan fingerprint density at radius 3 is 2.79 bits per heavy atom. The van der Waals surface area contributed by atoms with Gasteiger partial charge in [-0.05, 0) is 55.4 Å². The number of rotatable bonds is 3. The average Bonchev–Trinajstić information content (AvgIpc) is 2.84. The van der Waals surface area contributed by atoms with Crippen molar-refractivity contribution >= 4 is 0 Å². The number of aryl methyl sites for hydroxylation is 1. The van der Waals surface area contributed by atoms with E-state index in [0.717, 1.165) is 56.3 Å². The number of aliphatic hydroxyl groups is 2. The van der Waals surface area contributed by atoms with Crippen LogP contribution >= 0.6 is 0 Å². The SMILES string of the molecule is OC1CCCc2cc(OCC3(O)CCCC3)ccc21. The molecule has 2 N–H and O–H groups in total. The van der Waals surface area contributed by atoms with Crippen LogP contribution in [-0.2, 0) is 6.42 Å². The van der Waals surface area contributed by atoms with Gasteiger partial charge < -0.3 is 14.9 Å². The van der Waals surface area contributed by atoms with Gasteiger partial charge in [-0.2, -0.15) is 0 Å². The van der Waals surface area contributed by atoms with Crippen molar-refractivity contribution in [2.75, 3.05) is 6.61 Å². The molecular weight excluding hydrogens is 240 g/mol. The van der Waals surface area contributed by atoms with E-state index < -0.39 is 5.60 Å². The maximum atomic E-state index is 10.3. The molecule has 1 aromatic rings. The molecule has 1 fully saturated rings. The van der Waals surface area contributed by atoms with Crippen LogP contribution in [0.4, 0.5) is 0 Å². The van der Waals surface area contributed by atoms with Gasteiger partial charge in [-0.1, -0.05) is 18.9 Å². The Balaban J connectivity index is 1.68. The van der Waals surface area contributed by atoms with Gasteiger partial charge in [0.2, 0.25) is 0 Å². The van der Waals surface area contributed by atoms with Gasteiger partial charge in [0, 0.05) is 0 Å². The van der Waals surface area contributed by atoms with Gasteiger partial charge in [-0.25, -0.2) is 0 Å². The summed E-state index contributed by atoms with van der Waals surface area (Å²) < 4.78 is 5.76. The number of benzene rings is 1. The Bertz CT molecular complexity index is 449. The first kappa shape index (κ1) is 12.9. The minimum atomic E-state index is -0.630. The van der Waals surface area contributed by atoms with Crippen molar-refractivity contribution in [2.24, 2.45) is 0 Å². The Labute approximate surface area is 114 Å². The van der Waals surface area contributed by atoms with Crippen molar-refractivity contribution in [3.05, 3.63) is 29.3 Å². The summed E-state index contributed by atoms with van der Waals surface area (Å²) in [7, 11) is 0. The first-order valence-corrected chi connectivity index (χ1v) is 7.32. The lowest BCUT2D eigenvalue weighted by Gasteiger charge is -2.24. The third kappa shape index (κ3) is 2.77. The van der Waals surface area contributed by atoms with E-state index in [1.807, 2.05) is 18.2 Å². The topological polar surface area (TPSA) is 49.7 Å². The zero-order chi connectivity index (χ0) is 13.3. The van der Waals surface area contributed by atoms with Crippen LogP contribution in [0.1, 0.15) is 55.8 Å². The number of hydrogen-bond donors (Lipinski definition) is 2. The van der Waals surface area contributed by atoms with E-state index in [9.17, 15) is 10.2 Å². The summed E-state index contributed by atoms with van der Waals surface area (Å²) in [6.45, 7) is 0.383. The van der Waals surface area contributed by atoms with E-state index in [4.69, 9.17) is 4.74 Å². The summed E-state index contributed by atoms with van der Waals surface area (Å²) in [5.74, 6) is 0.813. The van der Waals surface area contributed by atoms with Crippen LogP contribution in [0.5, 0.6) is 5.75 Å². The van der Waals surface area contributed by atoms with Crippen molar-refractivity contribution in [1.82, 2.24) is 0 Å². The summed E-state index contributed by atoms with van der Waals surface area (Å²) in [5, 5.41) is 20.2. The van der Waals surface area contributed by atoms with Gasteiger partial charge in [-0.15, -0.1) is 0 Å². The minimum Gasteiger partial charge on any atom is -0.491 e. The molecule has 104 valence electrons. The molecule has 1 atom stereocenters. The third-order valence-corrected chi connectivity index (χ3v) is 4.44. The lowest BCUT2D eigenvalue weighted by atomic mass is 9.89. The van der Waals surface area contributed by atoms with E-state index in [-0.39, 0.29) is 6.10 Å². The quantitative estimate of drug-likeness (QED) is 0.880. The van der Waals surface area contributed by atoms with Gasteiger partial charge in [0.15, 0.2) is 0 Å². The van der Waals surface area contributed by atoms with Gasteiger partial charge in [-0.3, -0.25) is 0 Å². The lowest BCUT2D eigenvalue weighted by molar-refractivity contribution is 0.00134. The molecule has 0 aromatic heterocycles. The van der Waals surface area contributed by atoms with Crippen LogP contribution < -0.4 is 4.74 Å². The van der Waals surface area contributed by atoms with Gasteiger partial charge in [0.25, 0.3) is 0 Å². The van der Waals surface area contributed by atoms with Crippen LogP contribution in [0.3, 0.4) is 0 Å². The van der Waals surface area contributed by atoms with Gasteiger partial charge >= 0.3 is 0 Å². The monoisotopic (exact) mass is 262 g/mol. The highest BCUT2D eigenvalue weighted by Gasteiger charge is 2.32. The molecule has 0 radical (unpaired) electrons. The minimum absolute atomic E-state index is 0.322. The molecule has 0 aliphatic heterocycles. The molecular formula is C16H22O3. The summed E-state index contributed by atoms with van der Waals surface area (Å²) in [6, 6.07) is 5.90. The summed E-state index contributed by atoms with van der Waals surface area (Å²) in [5.41, 5.74) is 1.60. The number of aliphatic hydroxyl groups excluding tert-OH is 1. The van der Waals surface area contributed by atoms with E-state index >= 15 is 0 Å². The highest BCUT2D eigenvalue weighted by Crippen LogP contribution is 2.33. The van der Waals surface area contributed by atoms with Crippen LogP contribution in [0.2, 0.25) is 0 Å². The zero-order valence-corrected chi connectivity index (χ0v) is 11.3. The van der Waals surface area contributed by atoms with Crippen molar-refractivity contribution in [2.45, 2.75) is 56.7 Å². The maximum absolute atomic E-state index is 10.3. The predicted molar refractivity (Wildman–Crippen MR) is 73.3 cm³/mol. The largest absolute Gasteiger partial charge is 0.491 e. The smallest absolute Gasteiger partial charge is 0.119 e. The molecule has 1 aromatic carbocycles. The second kappa shape index (κ2) is 5.14.